The number of fused-ring (bicyclic) bond motifs is 1. The largest absolute Gasteiger partial charge is 0.493 e. The molecule has 1 saturated heterocycles. The van der Waals surface area contributed by atoms with E-state index in [1.165, 1.54) is 0 Å². The maximum absolute atomic E-state index is 6.66. The number of amidine groups is 1. The Morgan fingerprint density at radius 3 is 2.79 bits per heavy atom. The number of ether oxygens (including phenoxy) is 2. The lowest BCUT2D eigenvalue weighted by molar-refractivity contribution is 0.228. The van der Waals surface area contributed by atoms with E-state index in [4.69, 9.17) is 26.1 Å². The standard InChI is InChI=1S/C22H26ClN3O2S/c1-5-15-12-29-22-25-19(17-8-6-7-9-24-17)20(26(15)22)14-10-16(23)21(28-13(2)3)18(11-14)27-4/h6-11,13,15,19-20H,5,12H2,1-4H3/t15-,19-,20+/m0/s1. The first-order valence-electron chi connectivity index (χ1n) is 9.97. The number of hydrogen-bond acceptors (Lipinski definition) is 6. The van der Waals surface area contributed by atoms with E-state index < -0.39 is 0 Å². The summed E-state index contributed by atoms with van der Waals surface area (Å²) in [4.78, 5) is 12.1. The van der Waals surface area contributed by atoms with Crippen LogP contribution in [0.15, 0.2) is 41.5 Å². The summed E-state index contributed by atoms with van der Waals surface area (Å²) in [5.41, 5.74) is 2.03. The molecule has 5 nitrogen and oxygen atoms in total. The monoisotopic (exact) mass is 431 g/mol. The Hall–Kier alpha value is -1.92. The highest BCUT2D eigenvalue weighted by Gasteiger charge is 2.45. The van der Waals surface area contributed by atoms with Gasteiger partial charge in [0.1, 0.15) is 6.04 Å². The molecule has 2 aliphatic heterocycles. The third-order valence-corrected chi connectivity index (χ3v) is 6.68. The molecule has 2 aliphatic rings. The molecule has 4 rings (SSSR count). The Labute approximate surface area is 181 Å². The average Bonchev–Trinajstić information content (AvgIpc) is 3.28. The smallest absolute Gasteiger partial charge is 0.180 e. The number of benzene rings is 1. The Morgan fingerprint density at radius 2 is 2.14 bits per heavy atom. The summed E-state index contributed by atoms with van der Waals surface area (Å²) in [5, 5.41) is 1.65. The van der Waals surface area contributed by atoms with Crippen LogP contribution in [0, 0.1) is 0 Å². The topological polar surface area (TPSA) is 47.0 Å². The molecule has 29 heavy (non-hydrogen) atoms. The lowest BCUT2D eigenvalue weighted by atomic mass is 9.95. The Balaban J connectivity index is 1.80. The van der Waals surface area contributed by atoms with Crippen molar-refractivity contribution >= 4 is 28.5 Å². The minimum atomic E-state index is -0.0781. The molecule has 0 saturated carbocycles. The highest BCUT2D eigenvalue weighted by Crippen LogP contribution is 2.50. The maximum Gasteiger partial charge on any atom is 0.180 e. The van der Waals surface area contributed by atoms with Crippen LogP contribution in [0.3, 0.4) is 0 Å². The highest BCUT2D eigenvalue weighted by atomic mass is 35.5. The van der Waals surface area contributed by atoms with Crippen molar-refractivity contribution < 1.29 is 9.47 Å². The molecule has 0 radical (unpaired) electrons. The number of rotatable bonds is 6. The van der Waals surface area contributed by atoms with Crippen LogP contribution in [0.5, 0.6) is 11.5 Å². The van der Waals surface area contributed by atoms with Crippen LogP contribution in [0.2, 0.25) is 5.02 Å². The van der Waals surface area contributed by atoms with Gasteiger partial charge in [-0.25, -0.2) is 0 Å². The van der Waals surface area contributed by atoms with Gasteiger partial charge in [-0.05, 0) is 50.1 Å². The van der Waals surface area contributed by atoms with Crippen molar-refractivity contribution in [1.29, 1.82) is 0 Å². The Morgan fingerprint density at radius 1 is 1.31 bits per heavy atom. The molecule has 0 bridgehead atoms. The van der Waals surface area contributed by atoms with E-state index in [1.54, 1.807) is 7.11 Å². The normalized spacial score (nSPS) is 23.3. The first-order chi connectivity index (χ1) is 14.0. The van der Waals surface area contributed by atoms with E-state index in [2.05, 4.69) is 16.8 Å². The second-order valence-electron chi connectivity index (χ2n) is 7.54. The number of thioether (sulfide) groups is 1. The lowest BCUT2D eigenvalue weighted by Crippen LogP contribution is -2.35. The van der Waals surface area contributed by atoms with E-state index in [1.807, 2.05) is 62.1 Å². The Bertz CT molecular complexity index is 906. The van der Waals surface area contributed by atoms with Crippen molar-refractivity contribution in [3.8, 4) is 11.5 Å². The first-order valence-corrected chi connectivity index (χ1v) is 11.3. The predicted octanol–water partition coefficient (Wildman–Crippen LogP) is 5.51. The zero-order valence-electron chi connectivity index (χ0n) is 17.1. The molecule has 1 aromatic heterocycles. The van der Waals surface area contributed by atoms with Crippen LogP contribution in [-0.4, -0.2) is 40.1 Å². The fourth-order valence-electron chi connectivity index (χ4n) is 3.97. The summed E-state index contributed by atoms with van der Waals surface area (Å²) >= 11 is 8.49. The minimum Gasteiger partial charge on any atom is -0.493 e. The van der Waals surface area contributed by atoms with Gasteiger partial charge < -0.3 is 14.4 Å². The number of aliphatic imine (C=N–C) groups is 1. The number of methoxy groups -OCH3 is 1. The second-order valence-corrected chi connectivity index (χ2v) is 8.93. The van der Waals surface area contributed by atoms with E-state index in [0.29, 0.717) is 22.6 Å². The summed E-state index contributed by atoms with van der Waals surface area (Å²) < 4.78 is 11.6. The van der Waals surface area contributed by atoms with Crippen LogP contribution in [0.25, 0.3) is 0 Å². The number of nitrogens with zero attached hydrogens (tertiary/aromatic N) is 3. The van der Waals surface area contributed by atoms with Crippen LogP contribution in [0.1, 0.15) is 50.5 Å². The van der Waals surface area contributed by atoms with Crippen LogP contribution in [0.4, 0.5) is 0 Å². The zero-order chi connectivity index (χ0) is 20.5. The molecule has 0 N–H and O–H groups in total. The highest BCUT2D eigenvalue weighted by molar-refractivity contribution is 8.14. The molecule has 0 aliphatic carbocycles. The van der Waals surface area contributed by atoms with Crippen LogP contribution < -0.4 is 9.47 Å². The number of halogens is 1. The molecule has 2 aromatic rings. The molecule has 0 unspecified atom stereocenters. The maximum atomic E-state index is 6.66. The fourth-order valence-corrected chi connectivity index (χ4v) is 5.57. The van der Waals surface area contributed by atoms with Crippen LogP contribution in [-0.2, 0) is 0 Å². The predicted molar refractivity (Wildman–Crippen MR) is 119 cm³/mol. The number of hydrogen-bond donors (Lipinski definition) is 0. The summed E-state index contributed by atoms with van der Waals surface area (Å²) in [6, 6.07) is 10.4. The average molecular weight is 432 g/mol. The molecule has 3 atom stereocenters. The van der Waals surface area contributed by atoms with Crippen molar-refractivity contribution in [2.45, 2.75) is 51.4 Å². The molecular weight excluding hydrogens is 406 g/mol. The SMILES string of the molecule is CC[C@H]1CSC2=N[C@@H](c3ccccn3)[C@@H](c3cc(Cl)c(OC(C)C)c(OC)c3)N21. The van der Waals surface area contributed by atoms with Gasteiger partial charge >= 0.3 is 0 Å². The Kier molecular flexibility index (Phi) is 5.93. The molecule has 0 spiro atoms. The molecule has 154 valence electrons. The third kappa shape index (κ3) is 3.80. The van der Waals surface area contributed by atoms with Crippen molar-refractivity contribution in [1.82, 2.24) is 9.88 Å². The molecule has 7 heteroatoms. The molecule has 0 amide bonds. The van der Waals surface area contributed by atoms with E-state index in [0.717, 1.165) is 28.6 Å². The van der Waals surface area contributed by atoms with Gasteiger partial charge in [-0.2, -0.15) is 0 Å². The molecule has 3 heterocycles. The summed E-state index contributed by atoms with van der Waals surface area (Å²) in [6.45, 7) is 6.18. The van der Waals surface area contributed by atoms with E-state index >= 15 is 0 Å². The molecule has 1 aromatic carbocycles. The summed E-state index contributed by atoms with van der Waals surface area (Å²) in [5.74, 6) is 2.29. The first kappa shape index (κ1) is 20.4. The minimum absolute atomic E-state index is 0.00869. The van der Waals surface area contributed by atoms with Gasteiger partial charge in [0.2, 0.25) is 0 Å². The third-order valence-electron chi connectivity index (χ3n) is 5.28. The quantitative estimate of drug-likeness (QED) is 0.603. The van der Waals surface area contributed by atoms with Gasteiger partial charge in [-0.15, -0.1) is 0 Å². The van der Waals surface area contributed by atoms with Gasteiger partial charge in [-0.1, -0.05) is 36.4 Å². The van der Waals surface area contributed by atoms with Gasteiger partial charge in [-0.3, -0.25) is 9.98 Å². The zero-order valence-corrected chi connectivity index (χ0v) is 18.7. The van der Waals surface area contributed by atoms with Crippen molar-refractivity contribution in [2.75, 3.05) is 12.9 Å². The summed E-state index contributed by atoms with van der Waals surface area (Å²) in [6.07, 6.45) is 2.90. The van der Waals surface area contributed by atoms with Crippen molar-refractivity contribution in [2.24, 2.45) is 4.99 Å². The van der Waals surface area contributed by atoms with E-state index in [-0.39, 0.29) is 18.2 Å². The van der Waals surface area contributed by atoms with E-state index in [9.17, 15) is 0 Å². The van der Waals surface area contributed by atoms with Crippen molar-refractivity contribution in [3.63, 3.8) is 0 Å². The summed E-state index contributed by atoms with van der Waals surface area (Å²) in [7, 11) is 1.65. The number of pyridine rings is 1. The van der Waals surface area contributed by atoms with Gasteiger partial charge in [0.15, 0.2) is 16.7 Å². The number of aromatic nitrogens is 1. The lowest BCUT2D eigenvalue weighted by Gasteiger charge is -2.32. The van der Waals surface area contributed by atoms with Crippen molar-refractivity contribution in [3.05, 3.63) is 52.8 Å². The second kappa shape index (κ2) is 8.44. The van der Waals surface area contributed by atoms with Gasteiger partial charge in [0.25, 0.3) is 0 Å². The fraction of sp³-hybridized carbons (Fsp3) is 0.455. The van der Waals surface area contributed by atoms with Crippen LogP contribution >= 0.6 is 23.4 Å². The van der Waals surface area contributed by atoms with Gasteiger partial charge in [0.05, 0.1) is 30.0 Å². The molecular formula is C22H26ClN3O2S. The molecule has 1 fully saturated rings. The van der Waals surface area contributed by atoms with Gasteiger partial charge in [0, 0.05) is 18.0 Å².